The number of nitrogens with one attached hydrogen (secondary N) is 1. The molecule has 1 heterocycles. The van der Waals surface area contributed by atoms with Gasteiger partial charge in [0, 0.05) is 19.1 Å². The van der Waals surface area contributed by atoms with Crippen LogP contribution in [0.25, 0.3) is 0 Å². The number of carbonyl (C=O) groups excluding carboxylic acids is 1. The van der Waals surface area contributed by atoms with E-state index in [9.17, 15) is 4.79 Å². The van der Waals surface area contributed by atoms with Crippen molar-refractivity contribution in [1.29, 1.82) is 0 Å². The summed E-state index contributed by atoms with van der Waals surface area (Å²) in [6.07, 6.45) is 5.56. The Labute approximate surface area is 133 Å². The molecule has 1 aromatic rings. The molecule has 21 heavy (non-hydrogen) atoms. The Bertz CT molecular complexity index is 439. The van der Waals surface area contributed by atoms with Crippen molar-refractivity contribution in [3.05, 3.63) is 35.9 Å². The van der Waals surface area contributed by atoms with Gasteiger partial charge in [0.15, 0.2) is 0 Å². The fourth-order valence-electron chi connectivity index (χ4n) is 2.87. The second-order valence-corrected chi connectivity index (χ2v) is 6.17. The molecule has 1 aromatic carbocycles. The smallest absolute Gasteiger partial charge is 0.226 e. The average molecular weight is 309 g/mol. The average Bonchev–Trinajstić information content (AvgIpc) is 3.31. The van der Waals surface area contributed by atoms with E-state index in [1.165, 1.54) is 19.4 Å². The molecule has 0 spiro atoms. The number of halogens is 1. The number of carbonyl (C=O) groups is 1. The van der Waals surface area contributed by atoms with Gasteiger partial charge in [-0.05, 0) is 43.7 Å². The lowest BCUT2D eigenvalue weighted by molar-refractivity contribution is -0.131. The summed E-state index contributed by atoms with van der Waals surface area (Å²) in [6, 6.07) is 10.7. The van der Waals surface area contributed by atoms with Crippen LogP contribution in [0.3, 0.4) is 0 Å². The van der Waals surface area contributed by atoms with Gasteiger partial charge in [-0.3, -0.25) is 4.79 Å². The fraction of sp³-hybridized carbons (Fsp3) is 0.588. The van der Waals surface area contributed by atoms with Gasteiger partial charge in [0.2, 0.25) is 5.91 Å². The van der Waals surface area contributed by atoms with E-state index in [1.54, 1.807) is 0 Å². The summed E-state index contributed by atoms with van der Waals surface area (Å²) >= 11 is 0. The minimum atomic E-state index is 0. The van der Waals surface area contributed by atoms with E-state index in [1.807, 2.05) is 35.2 Å². The van der Waals surface area contributed by atoms with E-state index in [2.05, 4.69) is 5.32 Å². The van der Waals surface area contributed by atoms with E-state index in [4.69, 9.17) is 0 Å². The predicted molar refractivity (Wildman–Crippen MR) is 87.7 cm³/mol. The first-order valence-electron chi connectivity index (χ1n) is 7.86. The van der Waals surface area contributed by atoms with E-state index >= 15 is 0 Å². The highest BCUT2D eigenvalue weighted by Crippen LogP contribution is 2.28. The van der Waals surface area contributed by atoms with Gasteiger partial charge in [-0.1, -0.05) is 30.3 Å². The zero-order valence-corrected chi connectivity index (χ0v) is 13.3. The summed E-state index contributed by atoms with van der Waals surface area (Å²) in [5, 5.41) is 3.65. The highest BCUT2D eigenvalue weighted by atomic mass is 35.5. The van der Waals surface area contributed by atoms with Crippen molar-refractivity contribution in [2.75, 3.05) is 19.6 Å². The predicted octanol–water partition coefficient (Wildman–Crippen LogP) is 2.64. The molecule has 2 fully saturated rings. The maximum absolute atomic E-state index is 12.3. The van der Waals surface area contributed by atoms with Crippen molar-refractivity contribution in [3.63, 3.8) is 0 Å². The topological polar surface area (TPSA) is 32.3 Å². The van der Waals surface area contributed by atoms with Crippen molar-refractivity contribution >= 4 is 18.3 Å². The highest BCUT2D eigenvalue weighted by molar-refractivity contribution is 5.85. The Morgan fingerprint density at radius 1 is 1.10 bits per heavy atom. The SMILES string of the molecule is Cl.O=C(Cc1ccccc1)N1CCC(NCC2CC2)CC1. The third kappa shape index (κ3) is 5.01. The number of likely N-dealkylation sites (tertiary alicyclic amines) is 1. The van der Waals surface area contributed by atoms with E-state index in [-0.39, 0.29) is 18.3 Å². The van der Waals surface area contributed by atoms with Crippen LogP contribution in [0.1, 0.15) is 31.2 Å². The molecule has 0 atom stereocenters. The number of nitrogens with zero attached hydrogens (tertiary/aromatic N) is 1. The van der Waals surface area contributed by atoms with Crippen LogP contribution in [0.5, 0.6) is 0 Å². The Hall–Kier alpha value is -1.06. The van der Waals surface area contributed by atoms with Crippen LogP contribution in [0.15, 0.2) is 30.3 Å². The summed E-state index contributed by atoms with van der Waals surface area (Å²) in [5.41, 5.74) is 1.12. The minimum Gasteiger partial charge on any atom is -0.342 e. The van der Waals surface area contributed by atoms with E-state index < -0.39 is 0 Å². The Morgan fingerprint density at radius 3 is 2.38 bits per heavy atom. The highest BCUT2D eigenvalue weighted by Gasteiger charge is 2.25. The summed E-state index contributed by atoms with van der Waals surface area (Å²) < 4.78 is 0. The molecule has 1 amide bonds. The van der Waals surface area contributed by atoms with Crippen molar-refractivity contribution < 1.29 is 4.79 Å². The van der Waals surface area contributed by atoms with Crippen LogP contribution in [0, 0.1) is 5.92 Å². The van der Waals surface area contributed by atoms with Gasteiger partial charge in [-0.2, -0.15) is 0 Å². The molecule has 0 unspecified atom stereocenters. The maximum Gasteiger partial charge on any atom is 0.226 e. The van der Waals surface area contributed by atoms with Crippen molar-refractivity contribution in [2.45, 2.75) is 38.1 Å². The number of hydrogen-bond donors (Lipinski definition) is 1. The molecular formula is C17H25ClN2O. The van der Waals surface area contributed by atoms with Crippen molar-refractivity contribution in [2.24, 2.45) is 5.92 Å². The zero-order valence-electron chi connectivity index (χ0n) is 12.5. The summed E-state index contributed by atoms with van der Waals surface area (Å²) in [5.74, 6) is 1.21. The van der Waals surface area contributed by atoms with Crippen LogP contribution < -0.4 is 5.32 Å². The lowest BCUT2D eigenvalue weighted by atomic mass is 10.0. The first-order valence-corrected chi connectivity index (χ1v) is 7.86. The third-order valence-corrected chi connectivity index (χ3v) is 4.44. The second-order valence-electron chi connectivity index (χ2n) is 6.17. The van der Waals surface area contributed by atoms with E-state index in [0.29, 0.717) is 12.5 Å². The van der Waals surface area contributed by atoms with Gasteiger partial charge >= 0.3 is 0 Å². The first kappa shape index (κ1) is 16.3. The van der Waals surface area contributed by atoms with Gasteiger partial charge in [0.05, 0.1) is 6.42 Å². The molecule has 3 nitrogen and oxygen atoms in total. The van der Waals surface area contributed by atoms with Gasteiger partial charge in [-0.25, -0.2) is 0 Å². The minimum absolute atomic E-state index is 0. The molecule has 1 saturated carbocycles. The molecular weight excluding hydrogens is 284 g/mol. The summed E-state index contributed by atoms with van der Waals surface area (Å²) in [6.45, 7) is 3.00. The van der Waals surface area contributed by atoms with Gasteiger partial charge in [0.1, 0.15) is 0 Å². The maximum atomic E-state index is 12.3. The molecule has 3 rings (SSSR count). The molecule has 1 saturated heterocycles. The third-order valence-electron chi connectivity index (χ3n) is 4.44. The molecule has 1 aliphatic carbocycles. The molecule has 0 radical (unpaired) electrons. The van der Waals surface area contributed by atoms with E-state index in [0.717, 1.165) is 37.4 Å². The normalized spacial score (nSPS) is 19.1. The summed E-state index contributed by atoms with van der Waals surface area (Å²) in [7, 11) is 0. The molecule has 0 aromatic heterocycles. The Balaban J connectivity index is 0.00000161. The Kier molecular flexibility index (Phi) is 6.07. The van der Waals surface area contributed by atoms with Crippen molar-refractivity contribution in [1.82, 2.24) is 10.2 Å². The lowest BCUT2D eigenvalue weighted by Gasteiger charge is -2.32. The number of benzene rings is 1. The lowest BCUT2D eigenvalue weighted by Crippen LogP contribution is -2.45. The molecule has 4 heteroatoms. The largest absolute Gasteiger partial charge is 0.342 e. The second kappa shape index (κ2) is 7.81. The number of hydrogen-bond acceptors (Lipinski definition) is 2. The van der Waals surface area contributed by atoms with Gasteiger partial charge in [0.25, 0.3) is 0 Å². The first-order chi connectivity index (χ1) is 9.81. The molecule has 1 N–H and O–H groups in total. The monoisotopic (exact) mass is 308 g/mol. The van der Waals surface area contributed by atoms with Gasteiger partial charge < -0.3 is 10.2 Å². The van der Waals surface area contributed by atoms with Crippen molar-refractivity contribution in [3.8, 4) is 0 Å². The van der Waals surface area contributed by atoms with Crippen LogP contribution in [0.2, 0.25) is 0 Å². The quantitative estimate of drug-likeness (QED) is 0.907. The number of amides is 1. The van der Waals surface area contributed by atoms with Gasteiger partial charge in [-0.15, -0.1) is 12.4 Å². The van der Waals surface area contributed by atoms with Crippen LogP contribution >= 0.6 is 12.4 Å². The van der Waals surface area contributed by atoms with Crippen LogP contribution in [-0.2, 0) is 11.2 Å². The number of rotatable bonds is 5. The Morgan fingerprint density at radius 2 is 1.76 bits per heavy atom. The summed E-state index contributed by atoms with van der Waals surface area (Å²) in [4.78, 5) is 14.3. The molecule has 0 bridgehead atoms. The standard InChI is InChI=1S/C17H24N2O.ClH/c20-17(12-14-4-2-1-3-5-14)19-10-8-16(9-11-19)18-13-15-6-7-15;/h1-5,15-16,18H,6-13H2;1H. The fourth-order valence-corrected chi connectivity index (χ4v) is 2.87. The molecule has 116 valence electrons. The number of piperidine rings is 1. The molecule has 2 aliphatic rings. The van der Waals surface area contributed by atoms with Crippen LogP contribution in [-0.4, -0.2) is 36.5 Å². The van der Waals surface area contributed by atoms with Crippen LogP contribution in [0.4, 0.5) is 0 Å². The zero-order chi connectivity index (χ0) is 13.8. The molecule has 1 aliphatic heterocycles.